The van der Waals surface area contributed by atoms with Gasteiger partial charge in [-0.15, -0.1) is 0 Å². The number of benzene rings is 1. The monoisotopic (exact) mass is 508 g/mol. The van der Waals surface area contributed by atoms with Crippen LogP contribution < -0.4 is 16.2 Å². The van der Waals surface area contributed by atoms with Gasteiger partial charge in [-0.25, -0.2) is 4.98 Å². The summed E-state index contributed by atoms with van der Waals surface area (Å²) in [6.45, 7) is 8.97. The molecule has 1 fully saturated rings. The average Bonchev–Trinajstić information content (AvgIpc) is 2.83. The van der Waals surface area contributed by atoms with Crippen LogP contribution in [0.5, 0.6) is 5.75 Å². The number of ether oxygens (including phenoxy) is 1. The Morgan fingerprint density at radius 2 is 1.86 bits per heavy atom. The quantitative estimate of drug-likeness (QED) is 0.220. The number of anilines is 1. The normalized spacial score (nSPS) is 19.6. The first-order valence-electron chi connectivity index (χ1n) is 12.0. The molecule has 0 saturated carbocycles. The third-order valence-electron chi connectivity index (χ3n) is 6.10. The third-order valence-corrected chi connectivity index (χ3v) is 6.10. The lowest BCUT2D eigenvalue weighted by Crippen LogP contribution is -2.53. The summed E-state index contributed by atoms with van der Waals surface area (Å²) in [5, 5.41) is 37.8. The number of allylic oxidation sites excluding steroid dienone is 1. The number of hydrogen-bond donors (Lipinski definition) is 5. The number of piperazine rings is 1. The highest BCUT2D eigenvalue weighted by molar-refractivity contribution is 6.09. The molecule has 1 aliphatic heterocycles. The second-order valence-electron chi connectivity index (χ2n) is 9.81. The number of hydrogen-bond acceptors (Lipinski definition) is 10. The molecule has 1 saturated heterocycles. The Kier molecular flexibility index (Phi) is 8.46. The highest BCUT2D eigenvalue weighted by Gasteiger charge is 2.30. The van der Waals surface area contributed by atoms with Crippen LogP contribution in [-0.2, 0) is 5.97 Å². The van der Waals surface area contributed by atoms with Crippen LogP contribution in [0.15, 0.2) is 47.8 Å². The molecular weight excluding hydrogens is 472 g/mol. The van der Waals surface area contributed by atoms with Gasteiger partial charge in [0.2, 0.25) is 0 Å². The Bertz CT molecular complexity index is 1210. The molecule has 1 aliphatic rings. The Labute approximate surface area is 217 Å². The molecular formula is C27H36N6O4. The van der Waals surface area contributed by atoms with Gasteiger partial charge in [-0.2, -0.15) is 5.10 Å². The van der Waals surface area contributed by atoms with Crippen molar-refractivity contribution in [2.75, 3.05) is 25.9 Å². The van der Waals surface area contributed by atoms with Crippen molar-refractivity contribution in [3.63, 3.8) is 0 Å². The summed E-state index contributed by atoms with van der Waals surface area (Å²) in [5.41, 5.74) is 12.2. The molecule has 2 atom stereocenters. The molecule has 0 bridgehead atoms. The van der Waals surface area contributed by atoms with Crippen molar-refractivity contribution < 1.29 is 20.1 Å². The number of nitrogens with zero attached hydrogens (tertiary/aromatic N) is 4. The van der Waals surface area contributed by atoms with E-state index in [2.05, 4.69) is 47.7 Å². The lowest BCUT2D eigenvalue weighted by atomic mass is 10.1. The number of nitrogen functional groups attached to an aromatic ring is 1. The minimum Gasteiger partial charge on any atom is -0.432 e. The minimum atomic E-state index is -2.73. The second kappa shape index (κ2) is 11.2. The van der Waals surface area contributed by atoms with Crippen LogP contribution in [0.1, 0.15) is 44.4 Å². The predicted octanol–water partition coefficient (Wildman–Crippen LogP) is 1.27. The molecule has 198 valence electrons. The fourth-order valence-electron chi connectivity index (χ4n) is 3.76. The fraction of sp³-hybridized carbons (Fsp3) is 0.407. The van der Waals surface area contributed by atoms with Gasteiger partial charge in [0, 0.05) is 41.2 Å². The maximum atomic E-state index is 10.7. The van der Waals surface area contributed by atoms with E-state index in [0.717, 1.165) is 13.1 Å². The Hall–Kier alpha value is -3.62. The zero-order chi connectivity index (χ0) is 27.4. The molecule has 2 unspecified atom stereocenters. The maximum absolute atomic E-state index is 10.7. The van der Waals surface area contributed by atoms with E-state index in [1.165, 1.54) is 30.6 Å². The number of aliphatic hydroxyl groups is 3. The van der Waals surface area contributed by atoms with Gasteiger partial charge < -0.3 is 31.5 Å². The number of hydrazone groups is 1. The second-order valence-corrected chi connectivity index (χ2v) is 9.81. The number of aromatic nitrogens is 1. The van der Waals surface area contributed by atoms with Gasteiger partial charge >= 0.3 is 5.97 Å². The zero-order valence-electron chi connectivity index (χ0n) is 21.9. The van der Waals surface area contributed by atoms with Crippen molar-refractivity contribution in [2.24, 2.45) is 10.8 Å². The molecule has 0 radical (unpaired) electrons. The average molecular weight is 509 g/mol. The van der Waals surface area contributed by atoms with Gasteiger partial charge in [0.25, 0.3) is 0 Å². The Morgan fingerprint density at radius 3 is 2.49 bits per heavy atom. The summed E-state index contributed by atoms with van der Waals surface area (Å²) in [6.07, 6.45) is 4.53. The van der Waals surface area contributed by atoms with Gasteiger partial charge in [0.15, 0.2) is 11.6 Å². The summed E-state index contributed by atoms with van der Waals surface area (Å²) in [6, 6.07) is 8.41. The Morgan fingerprint density at radius 1 is 1.19 bits per heavy atom. The van der Waals surface area contributed by atoms with E-state index in [-0.39, 0.29) is 17.1 Å². The minimum absolute atomic E-state index is 0.0225. The molecule has 10 nitrogen and oxygen atoms in total. The standard InChI is InChI=1S/C27H36N6O4/c1-18-16-33(17-19(2)32(18)5)31-15-22(13-28)21-12-24(25(29)30-14-21)37-27(35,36)23-8-6-7-20(11-23)9-10-26(3,4)34/h6-8,11-15,18-19,34-36H,16-17,28H2,1-5H3,(H2,29,30). The lowest BCUT2D eigenvalue weighted by Gasteiger charge is -2.41. The first-order valence-corrected chi connectivity index (χ1v) is 12.0. The van der Waals surface area contributed by atoms with Crippen LogP contribution in [0.2, 0.25) is 0 Å². The summed E-state index contributed by atoms with van der Waals surface area (Å²) in [4.78, 5) is 6.44. The maximum Gasteiger partial charge on any atom is 0.351 e. The summed E-state index contributed by atoms with van der Waals surface area (Å²) in [5.74, 6) is 2.66. The van der Waals surface area contributed by atoms with E-state index >= 15 is 0 Å². The number of likely N-dealkylation sites (N-methyl/N-ethyl adjacent to an activating group) is 1. The van der Waals surface area contributed by atoms with Crippen LogP contribution >= 0.6 is 0 Å². The van der Waals surface area contributed by atoms with Crippen molar-refractivity contribution in [2.45, 2.75) is 51.4 Å². The number of rotatable bonds is 6. The van der Waals surface area contributed by atoms with Crippen molar-refractivity contribution in [1.82, 2.24) is 14.9 Å². The van der Waals surface area contributed by atoms with Crippen LogP contribution in [0.3, 0.4) is 0 Å². The van der Waals surface area contributed by atoms with Crippen LogP contribution in [0.25, 0.3) is 5.57 Å². The molecule has 37 heavy (non-hydrogen) atoms. The first kappa shape index (κ1) is 28.0. The number of nitrogens with two attached hydrogens (primary N) is 2. The number of pyridine rings is 1. The van der Waals surface area contributed by atoms with E-state index < -0.39 is 11.6 Å². The highest BCUT2D eigenvalue weighted by atomic mass is 16.8. The van der Waals surface area contributed by atoms with E-state index in [4.69, 9.17) is 16.2 Å². The van der Waals surface area contributed by atoms with Crippen molar-refractivity contribution >= 4 is 17.6 Å². The Balaban J connectivity index is 1.82. The molecule has 1 aromatic carbocycles. The van der Waals surface area contributed by atoms with Gasteiger partial charge in [-0.1, -0.05) is 17.9 Å². The molecule has 2 aromatic rings. The molecule has 0 spiro atoms. The summed E-state index contributed by atoms with van der Waals surface area (Å²) >= 11 is 0. The molecule has 2 heterocycles. The molecule has 0 amide bonds. The molecule has 0 aliphatic carbocycles. The van der Waals surface area contributed by atoms with Crippen LogP contribution in [0, 0.1) is 11.8 Å². The topological polar surface area (TPSA) is 154 Å². The van der Waals surface area contributed by atoms with Gasteiger partial charge in [-0.05, 0) is 59.0 Å². The smallest absolute Gasteiger partial charge is 0.351 e. The molecule has 3 rings (SSSR count). The van der Waals surface area contributed by atoms with E-state index in [0.29, 0.717) is 28.8 Å². The SMILES string of the molecule is CC1CN(N=CC(=CN)c2cnc(N)c(OC(O)(O)c3cccc(C#CC(C)(C)O)c3)c2)CC(C)N1C. The van der Waals surface area contributed by atoms with Crippen molar-refractivity contribution in [3.8, 4) is 17.6 Å². The van der Waals surface area contributed by atoms with Crippen molar-refractivity contribution in [1.29, 1.82) is 0 Å². The van der Waals surface area contributed by atoms with E-state index in [1.807, 2.05) is 5.01 Å². The largest absolute Gasteiger partial charge is 0.432 e. The molecule has 10 heteroatoms. The summed E-state index contributed by atoms with van der Waals surface area (Å²) < 4.78 is 5.49. The van der Waals surface area contributed by atoms with Gasteiger partial charge in [0.05, 0.1) is 24.9 Å². The lowest BCUT2D eigenvalue weighted by molar-refractivity contribution is -0.303. The van der Waals surface area contributed by atoms with Crippen LogP contribution in [-0.4, -0.2) is 74.2 Å². The molecule has 7 N–H and O–H groups in total. The van der Waals surface area contributed by atoms with Crippen LogP contribution in [0.4, 0.5) is 5.82 Å². The predicted molar refractivity (Wildman–Crippen MR) is 144 cm³/mol. The first-order chi connectivity index (χ1) is 17.3. The zero-order valence-corrected chi connectivity index (χ0v) is 21.9. The highest BCUT2D eigenvalue weighted by Crippen LogP contribution is 2.30. The fourth-order valence-corrected chi connectivity index (χ4v) is 3.76. The van der Waals surface area contributed by atoms with Crippen molar-refractivity contribution in [3.05, 3.63) is 59.4 Å². The van der Waals surface area contributed by atoms with Gasteiger partial charge in [0.1, 0.15) is 5.60 Å². The summed E-state index contributed by atoms with van der Waals surface area (Å²) in [7, 11) is 2.10. The van der Waals surface area contributed by atoms with E-state index in [9.17, 15) is 15.3 Å². The third kappa shape index (κ3) is 7.44. The van der Waals surface area contributed by atoms with E-state index in [1.54, 1.807) is 32.2 Å². The van der Waals surface area contributed by atoms with Gasteiger partial charge in [-0.3, -0.25) is 9.91 Å². The molecule has 1 aromatic heterocycles.